The van der Waals surface area contributed by atoms with E-state index < -0.39 is 11.6 Å². The van der Waals surface area contributed by atoms with Crippen molar-refractivity contribution < 1.29 is 38.6 Å². The maximum absolute atomic E-state index is 11.8. The van der Waals surface area contributed by atoms with Crippen LogP contribution in [0.2, 0.25) is 0 Å². The molecule has 0 aromatic rings. The van der Waals surface area contributed by atoms with E-state index in [-0.39, 0.29) is 23.8 Å². The van der Waals surface area contributed by atoms with E-state index in [0.717, 1.165) is 38.5 Å². The van der Waals surface area contributed by atoms with E-state index in [1.54, 1.807) is 13.8 Å². The Balaban J connectivity index is 1.60. The van der Waals surface area contributed by atoms with Crippen LogP contribution in [0.4, 0.5) is 0 Å². The first-order valence-corrected chi connectivity index (χ1v) is 11.6. The number of ether oxygens (including phenoxy) is 2. The number of carbonyl (C=O) groups is 2. The summed E-state index contributed by atoms with van der Waals surface area (Å²) in [6.45, 7) is 4.36. The van der Waals surface area contributed by atoms with Crippen LogP contribution >= 0.6 is 0 Å². The zero-order chi connectivity index (χ0) is 21.5. The van der Waals surface area contributed by atoms with Gasteiger partial charge in [0.2, 0.25) is 11.6 Å². The molecule has 2 saturated carbocycles. The SMILES string of the molecule is CCOC(=O)CC[C@H]1CCCCC12OOC1(CCCC[C@H]1CCC(=O)OCC)OO2. The van der Waals surface area contributed by atoms with Gasteiger partial charge in [0.15, 0.2) is 0 Å². The van der Waals surface area contributed by atoms with Crippen molar-refractivity contribution in [3.63, 3.8) is 0 Å². The average molecular weight is 429 g/mol. The second kappa shape index (κ2) is 10.9. The zero-order valence-electron chi connectivity index (χ0n) is 18.3. The summed E-state index contributed by atoms with van der Waals surface area (Å²) in [6.07, 6.45) is 8.91. The number of rotatable bonds is 8. The molecule has 1 aliphatic heterocycles. The van der Waals surface area contributed by atoms with Gasteiger partial charge < -0.3 is 9.47 Å². The topological polar surface area (TPSA) is 89.5 Å². The van der Waals surface area contributed by atoms with Crippen molar-refractivity contribution in [3.8, 4) is 0 Å². The standard InChI is InChI=1S/C22H36O8/c1-3-25-19(23)13-11-17-9-5-7-15-21(17)27-29-22(30-28-21)16-8-6-10-18(22)12-14-20(24)26-4-2/h17-18H,3-16H2,1-2H3/t17-,18+,21?,22?. The van der Waals surface area contributed by atoms with Gasteiger partial charge in [0, 0.05) is 37.5 Å². The quantitative estimate of drug-likeness (QED) is 0.416. The fraction of sp³-hybridized carbons (Fsp3) is 0.909. The second-order valence-corrected chi connectivity index (χ2v) is 8.53. The molecule has 30 heavy (non-hydrogen) atoms. The maximum atomic E-state index is 11.8. The van der Waals surface area contributed by atoms with Crippen molar-refractivity contribution in [1.29, 1.82) is 0 Å². The van der Waals surface area contributed by atoms with Crippen LogP contribution in [-0.2, 0) is 38.6 Å². The predicted octanol–water partition coefficient (Wildman–Crippen LogP) is 4.36. The largest absolute Gasteiger partial charge is 0.466 e. The number of hydrogen-bond donors (Lipinski definition) is 0. The van der Waals surface area contributed by atoms with Crippen LogP contribution in [-0.4, -0.2) is 36.7 Å². The number of esters is 2. The fourth-order valence-electron chi connectivity index (χ4n) is 4.90. The third-order valence-electron chi connectivity index (χ3n) is 6.55. The van der Waals surface area contributed by atoms with Crippen LogP contribution in [0, 0.1) is 11.8 Å². The Morgan fingerprint density at radius 2 is 1.13 bits per heavy atom. The predicted molar refractivity (Wildman–Crippen MR) is 105 cm³/mol. The van der Waals surface area contributed by atoms with E-state index in [9.17, 15) is 9.59 Å². The van der Waals surface area contributed by atoms with Crippen LogP contribution in [0.25, 0.3) is 0 Å². The molecule has 172 valence electrons. The van der Waals surface area contributed by atoms with Gasteiger partial charge >= 0.3 is 11.9 Å². The van der Waals surface area contributed by atoms with E-state index in [4.69, 9.17) is 29.0 Å². The molecule has 0 aromatic heterocycles. The molecule has 0 amide bonds. The molecule has 0 radical (unpaired) electrons. The third kappa shape index (κ3) is 5.52. The van der Waals surface area contributed by atoms with Gasteiger partial charge in [-0.1, -0.05) is 12.8 Å². The lowest BCUT2D eigenvalue weighted by molar-refractivity contribution is -0.675. The minimum atomic E-state index is -0.987. The van der Waals surface area contributed by atoms with Crippen molar-refractivity contribution >= 4 is 11.9 Å². The zero-order valence-corrected chi connectivity index (χ0v) is 18.3. The highest BCUT2D eigenvalue weighted by Gasteiger charge is 2.56. The van der Waals surface area contributed by atoms with Gasteiger partial charge in [0.05, 0.1) is 13.2 Å². The summed E-state index contributed by atoms with van der Waals surface area (Å²) in [6, 6.07) is 0. The normalized spacial score (nSPS) is 34.1. The monoisotopic (exact) mass is 428 g/mol. The van der Waals surface area contributed by atoms with Crippen molar-refractivity contribution in [2.45, 2.75) is 102 Å². The minimum absolute atomic E-state index is 0.00502. The highest BCUT2D eigenvalue weighted by atomic mass is 17.4. The van der Waals surface area contributed by atoms with Crippen LogP contribution in [0.5, 0.6) is 0 Å². The molecule has 2 spiro atoms. The summed E-state index contributed by atoms with van der Waals surface area (Å²) in [5.41, 5.74) is 0. The van der Waals surface area contributed by atoms with E-state index in [2.05, 4.69) is 0 Å². The summed E-state index contributed by atoms with van der Waals surface area (Å²) in [5, 5.41) is 0. The van der Waals surface area contributed by atoms with Crippen LogP contribution in [0.15, 0.2) is 0 Å². The van der Waals surface area contributed by atoms with Crippen molar-refractivity contribution in [2.24, 2.45) is 11.8 Å². The molecular formula is C22H36O8. The van der Waals surface area contributed by atoms with E-state index >= 15 is 0 Å². The van der Waals surface area contributed by atoms with E-state index in [1.165, 1.54) is 0 Å². The first-order valence-electron chi connectivity index (χ1n) is 11.6. The van der Waals surface area contributed by atoms with Crippen molar-refractivity contribution in [3.05, 3.63) is 0 Å². The van der Waals surface area contributed by atoms with Gasteiger partial charge in [0.25, 0.3) is 0 Å². The van der Waals surface area contributed by atoms with Crippen molar-refractivity contribution in [1.82, 2.24) is 0 Å². The molecule has 3 rings (SSSR count). The Morgan fingerprint density at radius 1 is 0.733 bits per heavy atom. The van der Waals surface area contributed by atoms with Gasteiger partial charge in [-0.15, -0.1) is 0 Å². The Bertz CT molecular complexity index is 519. The fourth-order valence-corrected chi connectivity index (χ4v) is 4.90. The summed E-state index contributed by atoms with van der Waals surface area (Å²) in [5.74, 6) is -2.40. The Morgan fingerprint density at radius 3 is 1.50 bits per heavy atom. The Kier molecular flexibility index (Phi) is 8.51. The summed E-state index contributed by atoms with van der Waals surface area (Å²) in [4.78, 5) is 47.5. The maximum Gasteiger partial charge on any atom is 0.305 e. The second-order valence-electron chi connectivity index (χ2n) is 8.53. The molecule has 2 atom stereocenters. The number of hydrogen-bond acceptors (Lipinski definition) is 8. The molecule has 8 nitrogen and oxygen atoms in total. The first-order chi connectivity index (χ1) is 14.5. The number of carbonyl (C=O) groups excluding carboxylic acids is 2. The highest BCUT2D eigenvalue weighted by molar-refractivity contribution is 5.69. The third-order valence-corrected chi connectivity index (χ3v) is 6.55. The molecule has 3 fully saturated rings. The summed E-state index contributed by atoms with van der Waals surface area (Å²) < 4.78 is 10.1. The van der Waals surface area contributed by atoms with Gasteiger partial charge in [-0.05, 0) is 52.4 Å². The molecule has 1 heterocycles. The summed E-state index contributed by atoms with van der Waals surface area (Å²) >= 11 is 0. The molecule has 2 aliphatic carbocycles. The lowest BCUT2D eigenvalue weighted by Gasteiger charge is -2.51. The molecule has 0 N–H and O–H groups in total. The lowest BCUT2D eigenvalue weighted by Crippen LogP contribution is -2.58. The first kappa shape index (κ1) is 23.4. The van der Waals surface area contributed by atoms with Gasteiger partial charge in [-0.3, -0.25) is 9.59 Å². The van der Waals surface area contributed by atoms with Crippen LogP contribution in [0.3, 0.4) is 0 Å². The van der Waals surface area contributed by atoms with Crippen molar-refractivity contribution in [2.75, 3.05) is 13.2 Å². The van der Waals surface area contributed by atoms with E-state index in [1.807, 2.05) is 0 Å². The minimum Gasteiger partial charge on any atom is -0.466 e. The van der Waals surface area contributed by atoms with Gasteiger partial charge in [0.1, 0.15) is 0 Å². The van der Waals surface area contributed by atoms with E-state index in [0.29, 0.717) is 51.7 Å². The molecular weight excluding hydrogens is 392 g/mol. The highest BCUT2D eigenvalue weighted by Crippen LogP contribution is 2.50. The smallest absolute Gasteiger partial charge is 0.305 e. The molecule has 8 heteroatoms. The summed E-state index contributed by atoms with van der Waals surface area (Å²) in [7, 11) is 0. The molecule has 0 aromatic carbocycles. The molecule has 3 aliphatic rings. The molecule has 0 unspecified atom stereocenters. The molecule has 1 saturated heterocycles. The van der Waals surface area contributed by atoms with Gasteiger partial charge in [-0.25, -0.2) is 0 Å². The average Bonchev–Trinajstić information content (AvgIpc) is 2.75. The van der Waals surface area contributed by atoms with Gasteiger partial charge in [-0.2, -0.15) is 19.6 Å². The Labute approximate surface area is 178 Å². The lowest BCUT2D eigenvalue weighted by atomic mass is 9.79. The Hall–Kier alpha value is -1.22. The molecule has 0 bridgehead atoms. The van der Waals surface area contributed by atoms with Crippen LogP contribution in [0.1, 0.15) is 90.9 Å². The van der Waals surface area contributed by atoms with Crippen LogP contribution < -0.4 is 0 Å².